The van der Waals surface area contributed by atoms with Gasteiger partial charge in [0.2, 0.25) is 0 Å². The van der Waals surface area contributed by atoms with Crippen LogP contribution in [0.15, 0.2) is 48.5 Å². The Balaban J connectivity index is 0.000000980. The summed E-state index contributed by atoms with van der Waals surface area (Å²) in [4.78, 5) is 16.0. The summed E-state index contributed by atoms with van der Waals surface area (Å²) in [7, 11) is 0. The van der Waals surface area contributed by atoms with Crippen molar-refractivity contribution in [3.05, 3.63) is 77.5 Å². The van der Waals surface area contributed by atoms with Crippen molar-refractivity contribution in [2.45, 2.75) is 0 Å². The van der Waals surface area contributed by atoms with Crippen LogP contribution in [0.4, 0.5) is 0 Å². The molecule has 8 bridgehead atoms. The van der Waals surface area contributed by atoms with E-state index in [-0.39, 0.29) is 23.2 Å². The first kappa shape index (κ1) is 17.9. The molecule has 129 valence electrons. The van der Waals surface area contributed by atoms with Gasteiger partial charge in [0.05, 0.1) is 22.8 Å². The number of hydrogen-bond acceptors (Lipinski definition) is 2. The van der Waals surface area contributed by atoms with Crippen LogP contribution in [-0.2, 0) is 17.1 Å². The van der Waals surface area contributed by atoms with Gasteiger partial charge in [-0.3, -0.25) is 0 Å². The van der Waals surface area contributed by atoms with Gasteiger partial charge in [0.1, 0.15) is 0 Å². The van der Waals surface area contributed by atoms with Crippen molar-refractivity contribution in [3.63, 3.8) is 0 Å². The molecule has 5 heterocycles. The second-order valence-corrected chi connectivity index (χ2v) is 5.91. The molecule has 4 N–H and O–H groups in total. The van der Waals surface area contributed by atoms with E-state index in [1.807, 2.05) is 42.5 Å². The molecule has 0 saturated carbocycles. The average molecular weight is 381 g/mol. The summed E-state index contributed by atoms with van der Waals surface area (Å²) in [6, 6.07) is 16.4. The third-order valence-electron chi connectivity index (χ3n) is 4.04. The number of nitrogens with zero attached hydrogens (tertiary/aromatic N) is 2. The van der Waals surface area contributed by atoms with E-state index in [2.05, 4.69) is 50.3 Å². The van der Waals surface area contributed by atoms with Crippen molar-refractivity contribution >= 4 is 46.4 Å². The summed E-state index contributed by atoms with van der Waals surface area (Å²) in [5.74, 6) is 0. The van der Waals surface area contributed by atoms with E-state index in [1.54, 1.807) is 0 Å². The molecule has 1 radical (unpaired) electrons. The Hall–Kier alpha value is -2.92. The number of nitrogens with two attached hydrogens (primary N) is 1. The second-order valence-electron chi connectivity index (χ2n) is 5.91. The van der Waals surface area contributed by atoms with Crippen molar-refractivity contribution in [2.24, 2.45) is 0 Å². The molecule has 6 heteroatoms. The summed E-state index contributed by atoms with van der Waals surface area (Å²) >= 11 is 0. The minimum atomic E-state index is 0. The molecule has 0 aliphatic carbocycles. The van der Waals surface area contributed by atoms with Crippen molar-refractivity contribution in [1.82, 2.24) is 19.9 Å². The van der Waals surface area contributed by atoms with Gasteiger partial charge < -0.3 is 16.1 Å². The van der Waals surface area contributed by atoms with E-state index >= 15 is 0 Å². The van der Waals surface area contributed by atoms with Crippen molar-refractivity contribution in [3.8, 4) is 0 Å². The summed E-state index contributed by atoms with van der Waals surface area (Å²) in [5.41, 5.74) is 7.86. The van der Waals surface area contributed by atoms with Crippen LogP contribution < -0.4 is 0 Å². The normalized spacial score (nSPS) is 11.7. The molecular weight excluding hydrogens is 365 g/mol. The SMILES string of the molecule is C1=Cc2cc3ccc(cc4ccc(cc5nc(cc1n2)C=C5)[nH]4)[nH]3.[Mn].[NH2-]. The molecule has 2 aliphatic rings. The summed E-state index contributed by atoms with van der Waals surface area (Å²) < 4.78 is 0. The molecule has 5 nitrogen and oxygen atoms in total. The number of hydrogen-bond donors (Lipinski definition) is 2. The standard InChI is InChI=1S/C20H14N4.Mn.H2N/c1-2-14-10-16-5-6-18(23-16)12-20-8-7-19(24-20)11-17-4-3-15(22-17)9-13(1)21-14;;/h1-12,21-22H;;1H2/q;;-1. The van der Waals surface area contributed by atoms with E-state index < -0.39 is 0 Å². The van der Waals surface area contributed by atoms with E-state index in [0.717, 1.165) is 44.8 Å². The van der Waals surface area contributed by atoms with Crippen LogP contribution in [0.25, 0.3) is 52.5 Å². The summed E-state index contributed by atoms with van der Waals surface area (Å²) in [5, 5.41) is 0. The zero-order valence-electron chi connectivity index (χ0n) is 13.8. The van der Waals surface area contributed by atoms with Crippen LogP contribution in [0.3, 0.4) is 0 Å². The summed E-state index contributed by atoms with van der Waals surface area (Å²) in [6.07, 6.45) is 8.05. The maximum Gasteiger partial charge on any atom is 0.0659 e. The first-order chi connectivity index (χ1) is 11.8. The molecule has 0 atom stereocenters. The molecule has 0 amide bonds. The number of nitrogens with one attached hydrogen (secondary N) is 2. The molecule has 0 aromatic carbocycles. The van der Waals surface area contributed by atoms with E-state index in [0.29, 0.717) is 0 Å². The molecular formula is C20H16MnN5-. The Morgan fingerprint density at radius 1 is 0.500 bits per heavy atom. The van der Waals surface area contributed by atoms with Crippen LogP contribution in [0.1, 0.15) is 22.8 Å². The Bertz CT molecular complexity index is 1080. The maximum atomic E-state index is 4.62. The largest absolute Gasteiger partial charge is 0.693 e. The van der Waals surface area contributed by atoms with Crippen molar-refractivity contribution in [2.75, 3.05) is 0 Å². The zero-order chi connectivity index (χ0) is 15.9. The molecule has 0 saturated heterocycles. The molecule has 5 rings (SSSR count). The third kappa shape index (κ3) is 3.53. The van der Waals surface area contributed by atoms with Crippen LogP contribution in [0.5, 0.6) is 0 Å². The second kappa shape index (κ2) is 7.14. The van der Waals surface area contributed by atoms with Gasteiger partial charge in [0.25, 0.3) is 0 Å². The summed E-state index contributed by atoms with van der Waals surface area (Å²) in [6.45, 7) is 0. The Morgan fingerprint density at radius 3 is 1.27 bits per heavy atom. The molecule has 3 aromatic rings. The van der Waals surface area contributed by atoms with E-state index in [9.17, 15) is 0 Å². The number of aromatic nitrogens is 4. The van der Waals surface area contributed by atoms with Gasteiger partial charge in [0.15, 0.2) is 0 Å². The molecule has 0 fully saturated rings. The number of fused-ring (bicyclic) bond motifs is 8. The molecule has 3 aromatic heterocycles. The van der Waals surface area contributed by atoms with Crippen LogP contribution in [0, 0.1) is 0 Å². The zero-order valence-corrected chi connectivity index (χ0v) is 15.0. The van der Waals surface area contributed by atoms with E-state index in [4.69, 9.17) is 0 Å². The third-order valence-corrected chi connectivity index (χ3v) is 4.04. The number of H-pyrrole nitrogens is 2. The first-order valence-electron chi connectivity index (χ1n) is 7.85. The van der Waals surface area contributed by atoms with Gasteiger partial charge in [-0.25, -0.2) is 9.97 Å². The van der Waals surface area contributed by atoms with Gasteiger partial charge in [-0.2, -0.15) is 0 Å². The Morgan fingerprint density at radius 2 is 0.846 bits per heavy atom. The topological polar surface area (TPSA) is 90.9 Å². The quantitative estimate of drug-likeness (QED) is 0.353. The van der Waals surface area contributed by atoms with Gasteiger partial charge in [-0.1, -0.05) is 0 Å². The van der Waals surface area contributed by atoms with Gasteiger partial charge in [-0.05, 0) is 72.8 Å². The fourth-order valence-electron chi connectivity index (χ4n) is 2.94. The fourth-order valence-corrected chi connectivity index (χ4v) is 2.94. The Kier molecular flexibility index (Phi) is 4.91. The number of rotatable bonds is 0. The minimum Gasteiger partial charge on any atom is -0.693 e. The van der Waals surface area contributed by atoms with Crippen molar-refractivity contribution < 1.29 is 17.1 Å². The van der Waals surface area contributed by atoms with Crippen LogP contribution in [0.2, 0.25) is 0 Å². The fraction of sp³-hybridized carbons (Fsp3) is 0. The van der Waals surface area contributed by atoms with Crippen LogP contribution in [-0.4, -0.2) is 19.9 Å². The predicted octanol–water partition coefficient (Wildman–Crippen LogP) is 5.37. The molecule has 0 unspecified atom stereocenters. The number of aromatic amines is 2. The van der Waals surface area contributed by atoms with Gasteiger partial charge >= 0.3 is 0 Å². The first-order valence-corrected chi connectivity index (χ1v) is 7.85. The van der Waals surface area contributed by atoms with Gasteiger partial charge in [-0.15, -0.1) is 0 Å². The maximum absolute atomic E-state index is 4.62. The van der Waals surface area contributed by atoms with E-state index in [1.165, 1.54) is 0 Å². The molecule has 0 spiro atoms. The Labute approximate surface area is 161 Å². The monoisotopic (exact) mass is 381 g/mol. The average Bonchev–Trinajstić information content (AvgIpc) is 3.32. The molecule has 2 aliphatic heterocycles. The minimum absolute atomic E-state index is 0. The smallest absolute Gasteiger partial charge is 0.0659 e. The van der Waals surface area contributed by atoms with Crippen LogP contribution >= 0.6 is 0 Å². The predicted molar refractivity (Wildman–Crippen MR) is 104 cm³/mol. The molecule has 26 heavy (non-hydrogen) atoms. The van der Waals surface area contributed by atoms with Crippen molar-refractivity contribution in [1.29, 1.82) is 0 Å². The van der Waals surface area contributed by atoms with Gasteiger partial charge in [0, 0.05) is 39.1 Å².